The van der Waals surface area contributed by atoms with Crippen molar-refractivity contribution in [1.29, 1.82) is 0 Å². The van der Waals surface area contributed by atoms with Crippen LogP contribution in [0.4, 0.5) is 5.69 Å². The first-order valence-corrected chi connectivity index (χ1v) is 9.19. The van der Waals surface area contributed by atoms with Crippen molar-refractivity contribution in [1.82, 2.24) is 14.9 Å². The normalized spacial score (nSPS) is 11.6. The molecular formula is C22H24N4O2. The van der Waals surface area contributed by atoms with Crippen LogP contribution in [0, 0.1) is 13.8 Å². The molecule has 28 heavy (non-hydrogen) atoms. The molecule has 0 aliphatic rings. The van der Waals surface area contributed by atoms with Gasteiger partial charge in [0, 0.05) is 24.6 Å². The number of nitrogens with zero attached hydrogens (tertiary/aromatic N) is 2. The highest BCUT2D eigenvalue weighted by molar-refractivity contribution is 6.04. The van der Waals surface area contributed by atoms with Gasteiger partial charge in [0.25, 0.3) is 0 Å². The van der Waals surface area contributed by atoms with Crippen LogP contribution in [0.2, 0.25) is 0 Å². The highest BCUT2D eigenvalue weighted by Gasteiger charge is 2.18. The summed E-state index contributed by atoms with van der Waals surface area (Å²) < 4.78 is 1.90. The Morgan fingerprint density at radius 1 is 1.04 bits per heavy atom. The zero-order valence-electron chi connectivity index (χ0n) is 16.1. The van der Waals surface area contributed by atoms with Gasteiger partial charge >= 0.3 is 0 Å². The number of carbonyl (C=O) groups is 2. The number of rotatable bonds is 7. The van der Waals surface area contributed by atoms with Gasteiger partial charge in [0.05, 0.1) is 12.4 Å². The quantitative estimate of drug-likeness (QED) is 0.621. The molecule has 6 nitrogen and oxygen atoms in total. The number of aromatic nitrogens is 2. The Morgan fingerprint density at radius 2 is 1.82 bits per heavy atom. The highest BCUT2D eigenvalue weighted by atomic mass is 16.2. The van der Waals surface area contributed by atoms with Crippen LogP contribution in [0.3, 0.4) is 0 Å². The molecule has 0 aliphatic carbocycles. The van der Waals surface area contributed by atoms with Crippen LogP contribution in [-0.4, -0.2) is 21.4 Å². The molecule has 0 saturated heterocycles. The van der Waals surface area contributed by atoms with Crippen LogP contribution < -0.4 is 10.6 Å². The standard InChI is InChI=1S/C22H24N4O2/c1-16-7-6-10-19(17(16)2)24-21(27)13-22(28)25-20(14-26-12-11-23-15-26)18-8-4-3-5-9-18/h3-12,15,20H,13-14H2,1-2H3,(H,24,27)(H,25,28)/t20-/m1/s1. The second kappa shape index (κ2) is 8.99. The van der Waals surface area contributed by atoms with Crippen molar-refractivity contribution in [2.24, 2.45) is 0 Å². The number of benzene rings is 2. The van der Waals surface area contributed by atoms with Gasteiger partial charge in [-0.3, -0.25) is 9.59 Å². The maximum atomic E-state index is 12.5. The Bertz CT molecular complexity index is 936. The van der Waals surface area contributed by atoms with Gasteiger partial charge in [0.2, 0.25) is 11.8 Å². The van der Waals surface area contributed by atoms with E-state index in [1.165, 1.54) is 0 Å². The molecule has 0 spiro atoms. The zero-order valence-corrected chi connectivity index (χ0v) is 16.1. The van der Waals surface area contributed by atoms with Crippen molar-refractivity contribution in [3.05, 3.63) is 83.9 Å². The van der Waals surface area contributed by atoms with E-state index in [0.29, 0.717) is 6.54 Å². The lowest BCUT2D eigenvalue weighted by Gasteiger charge is -2.20. The summed E-state index contributed by atoms with van der Waals surface area (Å²) >= 11 is 0. The number of nitrogens with one attached hydrogen (secondary N) is 2. The molecule has 1 atom stereocenters. The van der Waals surface area contributed by atoms with Crippen molar-refractivity contribution in [2.45, 2.75) is 32.9 Å². The molecule has 0 radical (unpaired) electrons. The molecule has 0 unspecified atom stereocenters. The van der Waals surface area contributed by atoms with E-state index in [0.717, 1.165) is 22.4 Å². The van der Waals surface area contributed by atoms with Crippen LogP contribution >= 0.6 is 0 Å². The summed E-state index contributed by atoms with van der Waals surface area (Å²) in [5.74, 6) is -0.655. The van der Waals surface area contributed by atoms with Gasteiger partial charge < -0.3 is 15.2 Å². The Kier molecular flexibility index (Phi) is 6.22. The van der Waals surface area contributed by atoms with Gasteiger partial charge in [0.1, 0.15) is 6.42 Å². The molecule has 0 bridgehead atoms. The molecule has 2 amide bonds. The minimum absolute atomic E-state index is 0.235. The van der Waals surface area contributed by atoms with Gasteiger partial charge in [-0.2, -0.15) is 0 Å². The fraction of sp³-hybridized carbons (Fsp3) is 0.227. The van der Waals surface area contributed by atoms with Gasteiger partial charge in [-0.05, 0) is 36.6 Å². The maximum absolute atomic E-state index is 12.5. The van der Waals surface area contributed by atoms with Crippen molar-refractivity contribution < 1.29 is 9.59 Å². The van der Waals surface area contributed by atoms with E-state index in [1.54, 1.807) is 12.5 Å². The number of anilines is 1. The SMILES string of the molecule is Cc1cccc(NC(=O)CC(=O)N[C@H](Cn2ccnc2)c2ccccc2)c1C. The van der Waals surface area contributed by atoms with Crippen LogP contribution in [0.25, 0.3) is 0 Å². The largest absolute Gasteiger partial charge is 0.347 e. The summed E-state index contributed by atoms with van der Waals surface area (Å²) in [4.78, 5) is 28.9. The van der Waals surface area contributed by atoms with E-state index in [4.69, 9.17) is 0 Å². The second-order valence-electron chi connectivity index (χ2n) is 6.76. The molecule has 2 aromatic carbocycles. The molecule has 0 fully saturated rings. The van der Waals surface area contributed by atoms with Crippen molar-refractivity contribution in [2.75, 3.05) is 5.32 Å². The molecule has 144 valence electrons. The summed E-state index contributed by atoms with van der Waals surface area (Å²) in [5, 5.41) is 5.79. The first-order valence-electron chi connectivity index (χ1n) is 9.19. The van der Waals surface area contributed by atoms with Crippen LogP contribution in [0.5, 0.6) is 0 Å². The van der Waals surface area contributed by atoms with E-state index in [1.807, 2.05) is 73.1 Å². The average Bonchev–Trinajstić information content (AvgIpc) is 3.19. The smallest absolute Gasteiger partial charge is 0.233 e. The van der Waals surface area contributed by atoms with Crippen molar-refractivity contribution in [3.8, 4) is 0 Å². The summed E-state index contributed by atoms with van der Waals surface area (Å²) in [6.45, 7) is 4.47. The minimum Gasteiger partial charge on any atom is -0.347 e. The molecule has 0 saturated carbocycles. The number of hydrogen-bond acceptors (Lipinski definition) is 3. The van der Waals surface area contributed by atoms with E-state index in [9.17, 15) is 9.59 Å². The summed E-state index contributed by atoms with van der Waals surface area (Å²) in [6, 6.07) is 15.1. The third-order valence-electron chi connectivity index (χ3n) is 4.69. The Labute approximate surface area is 164 Å². The fourth-order valence-electron chi connectivity index (χ4n) is 3.00. The van der Waals surface area contributed by atoms with E-state index in [2.05, 4.69) is 15.6 Å². The molecule has 3 aromatic rings. The number of amides is 2. The predicted molar refractivity (Wildman–Crippen MR) is 109 cm³/mol. The lowest BCUT2D eigenvalue weighted by atomic mass is 10.1. The lowest BCUT2D eigenvalue weighted by Crippen LogP contribution is -2.33. The Balaban J connectivity index is 1.64. The van der Waals surface area contributed by atoms with Crippen molar-refractivity contribution in [3.63, 3.8) is 0 Å². The monoisotopic (exact) mass is 376 g/mol. The Hall–Kier alpha value is -3.41. The van der Waals surface area contributed by atoms with Crippen LogP contribution in [0.1, 0.15) is 29.2 Å². The van der Waals surface area contributed by atoms with E-state index < -0.39 is 0 Å². The number of aryl methyl sites for hydroxylation is 1. The zero-order chi connectivity index (χ0) is 19.9. The molecule has 1 heterocycles. The number of carbonyl (C=O) groups excluding carboxylic acids is 2. The van der Waals surface area contributed by atoms with Crippen molar-refractivity contribution >= 4 is 17.5 Å². The average molecular weight is 376 g/mol. The molecule has 3 rings (SSSR count). The first kappa shape index (κ1) is 19.4. The highest BCUT2D eigenvalue weighted by Crippen LogP contribution is 2.18. The van der Waals surface area contributed by atoms with E-state index >= 15 is 0 Å². The fourth-order valence-corrected chi connectivity index (χ4v) is 3.00. The molecule has 2 N–H and O–H groups in total. The van der Waals surface area contributed by atoms with Gasteiger partial charge in [-0.1, -0.05) is 42.5 Å². The number of hydrogen-bond donors (Lipinski definition) is 2. The second-order valence-corrected chi connectivity index (χ2v) is 6.76. The molecule has 6 heteroatoms. The third kappa shape index (κ3) is 5.07. The lowest BCUT2D eigenvalue weighted by molar-refractivity contribution is -0.127. The first-order chi connectivity index (χ1) is 13.5. The van der Waals surface area contributed by atoms with Gasteiger partial charge in [-0.15, -0.1) is 0 Å². The summed E-state index contributed by atoms with van der Waals surface area (Å²) in [7, 11) is 0. The van der Waals surface area contributed by atoms with E-state index in [-0.39, 0.29) is 24.3 Å². The minimum atomic E-state index is -0.333. The van der Waals surface area contributed by atoms with Crippen LogP contribution in [-0.2, 0) is 16.1 Å². The summed E-state index contributed by atoms with van der Waals surface area (Å²) in [5.41, 5.74) is 3.79. The molecule has 1 aromatic heterocycles. The Morgan fingerprint density at radius 3 is 2.54 bits per heavy atom. The van der Waals surface area contributed by atoms with Crippen LogP contribution in [0.15, 0.2) is 67.3 Å². The third-order valence-corrected chi connectivity index (χ3v) is 4.69. The van der Waals surface area contributed by atoms with Gasteiger partial charge in [-0.25, -0.2) is 4.98 Å². The summed E-state index contributed by atoms with van der Waals surface area (Å²) in [6.07, 6.45) is 5.01. The molecular weight excluding hydrogens is 352 g/mol. The predicted octanol–water partition coefficient (Wildman–Crippen LogP) is 3.39. The van der Waals surface area contributed by atoms with Gasteiger partial charge in [0.15, 0.2) is 0 Å². The topological polar surface area (TPSA) is 76.0 Å². The number of imidazole rings is 1. The maximum Gasteiger partial charge on any atom is 0.233 e. The molecule has 0 aliphatic heterocycles.